The molecule has 0 atom stereocenters. The average Bonchev–Trinajstić information content (AvgIpc) is 2.60. The van der Waals surface area contributed by atoms with E-state index in [1.807, 2.05) is 0 Å². The second-order valence-electron chi connectivity index (χ2n) is 5.08. The third-order valence-corrected chi connectivity index (χ3v) is 5.59. The molecule has 2 aromatic carbocycles. The Labute approximate surface area is 154 Å². The van der Waals surface area contributed by atoms with E-state index in [0.717, 1.165) is 8.78 Å². The molecule has 0 bridgehead atoms. The summed E-state index contributed by atoms with van der Waals surface area (Å²) in [7, 11) is -2.51. The molecular formula is C16H16BrN3O4S. The zero-order chi connectivity index (χ0) is 18.4. The fourth-order valence-corrected chi connectivity index (χ4v) is 3.29. The van der Waals surface area contributed by atoms with Crippen LogP contribution in [0.5, 0.6) is 0 Å². The second kappa shape index (κ2) is 8.24. The van der Waals surface area contributed by atoms with Crippen LogP contribution in [0.15, 0.2) is 64.0 Å². The van der Waals surface area contributed by atoms with Crippen LogP contribution < -0.4 is 10.9 Å². The van der Waals surface area contributed by atoms with Crippen molar-refractivity contribution in [1.82, 2.24) is 15.2 Å². The summed E-state index contributed by atoms with van der Waals surface area (Å²) in [4.78, 5) is 23.8. The van der Waals surface area contributed by atoms with Gasteiger partial charge in [-0.05, 0) is 36.4 Å². The summed E-state index contributed by atoms with van der Waals surface area (Å²) in [5.74, 6) is -1.15. The SMILES string of the molecule is CN(CC(=O)NNC(=O)c1ccccc1)S(=O)(=O)c1ccc(Br)cc1. The lowest BCUT2D eigenvalue weighted by Crippen LogP contribution is -2.46. The molecule has 2 N–H and O–H groups in total. The predicted octanol–water partition coefficient (Wildman–Crippen LogP) is 1.53. The van der Waals surface area contributed by atoms with E-state index in [-0.39, 0.29) is 4.90 Å². The summed E-state index contributed by atoms with van der Waals surface area (Å²) >= 11 is 3.23. The van der Waals surface area contributed by atoms with E-state index < -0.39 is 28.4 Å². The number of hydrazine groups is 1. The molecule has 0 aliphatic rings. The number of nitrogens with zero attached hydrogens (tertiary/aromatic N) is 1. The van der Waals surface area contributed by atoms with Gasteiger partial charge in [-0.25, -0.2) is 8.42 Å². The third kappa shape index (κ3) is 5.12. The molecule has 25 heavy (non-hydrogen) atoms. The molecule has 2 aromatic rings. The van der Waals surface area contributed by atoms with Gasteiger partial charge in [0.05, 0.1) is 11.4 Å². The molecule has 0 spiro atoms. The maximum atomic E-state index is 12.4. The zero-order valence-corrected chi connectivity index (χ0v) is 15.7. The van der Waals surface area contributed by atoms with Crippen molar-refractivity contribution in [2.45, 2.75) is 4.90 Å². The van der Waals surface area contributed by atoms with Crippen LogP contribution in [0.25, 0.3) is 0 Å². The lowest BCUT2D eigenvalue weighted by Gasteiger charge is -2.17. The fraction of sp³-hybridized carbons (Fsp3) is 0.125. The van der Waals surface area contributed by atoms with Gasteiger partial charge >= 0.3 is 0 Å². The average molecular weight is 426 g/mol. The van der Waals surface area contributed by atoms with Crippen LogP contribution in [-0.4, -0.2) is 38.1 Å². The van der Waals surface area contributed by atoms with E-state index in [4.69, 9.17) is 0 Å². The summed E-state index contributed by atoms with van der Waals surface area (Å²) in [5, 5.41) is 0. The highest BCUT2D eigenvalue weighted by Gasteiger charge is 2.23. The van der Waals surface area contributed by atoms with Gasteiger partial charge in [0.15, 0.2) is 0 Å². The normalized spacial score (nSPS) is 11.2. The molecule has 2 amide bonds. The molecule has 0 fully saturated rings. The molecule has 0 aromatic heterocycles. The van der Waals surface area contributed by atoms with Crippen LogP contribution in [0, 0.1) is 0 Å². The smallest absolute Gasteiger partial charge is 0.269 e. The summed E-state index contributed by atoms with van der Waals surface area (Å²) in [6.45, 7) is -0.437. The van der Waals surface area contributed by atoms with Gasteiger partial charge < -0.3 is 0 Å². The quantitative estimate of drug-likeness (QED) is 0.709. The number of hydrogen-bond acceptors (Lipinski definition) is 4. The molecule has 9 heteroatoms. The van der Waals surface area contributed by atoms with Crippen LogP contribution in [0.2, 0.25) is 0 Å². The summed E-state index contributed by atoms with van der Waals surface area (Å²) in [5.41, 5.74) is 4.80. The first-order valence-corrected chi connectivity index (χ1v) is 9.40. The van der Waals surface area contributed by atoms with Gasteiger partial charge in [0, 0.05) is 17.1 Å². The second-order valence-corrected chi connectivity index (χ2v) is 8.04. The number of benzene rings is 2. The van der Waals surface area contributed by atoms with Crippen molar-refractivity contribution in [3.63, 3.8) is 0 Å². The zero-order valence-electron chi connectivity index (χ0n) is 13.3. The van der Waals surface area contributed by atoms with Crippen LogP contribution in [-0.2, 0) is 14.8 Å². The van der Waals surface area contributed by atoms with Gasteiger partial charge in [-0.2, -0.15) is 4.31 Å². The Hall–Kier alpha value is -2.23. The monoisotopic (exact) mass is 425 g/mol. The molecule has 0 aliphatic heterocycles. The van der Waals surface area contributed by atoms with Crippen molar-refractivity contribution in [3.8, 4) is 0 Å². The molecule has 0 aliphatic carbocycles. The van der Waals surface area contributed by atoms with Gasteiger partial charge in [-0.1, -0.05) is 34.1 Å². The minimum Gasteiger partial charge on any atom is -0.272 e. The van der Waals surface area contributed by atoms with E-state index >= 15 is 0 Å². The van der Waals surface area contributed by atoms with Gasteiger partial charge in [0.2, 0.25) is 10.0 Å². The lowest BCUT2D eigenvalue weighted by atomic mass is 10.2. The highest BCUT2D eigenvalue weighted by Crippen LogP contribution is 2.17. The Morgan fingerprint density at radius 1 is 1.00 bits per heavy atom. The van der Waals surface area contributed by atoms with E-state index in [9.17, 15) is 18.0 Å². The topological polar surface area (TPSA) is 95.6 Å². The number of rotatable bonds is 5. The Balaban J connectivity index is 1.93. The van der Waals surface area contributed by atoms with Gasteiger partial charge in [0.25, 0.3) is 11.8 Å². The number of nitrogens with one attached hydrogen (secondary N) is 2. The molecule has 0 heterocycles. The summed E-state index contributed by atoms with van der Waals surface area (Å²) in [6.07, 6.45) is 0. The first kappa shape index (κ1) is 19.1. The standard InChI is InChI=1S/C16H16BrN3O4S/c1-20(25(23,24)14-9-7-13(17)8-10-14)11-15(21)18-19-16(22)12-5-3-2-4-6-12/h2-10H,11H2,1H3,(H,18,21)(H,19,22). The van der Waals surface area contributed by atoms with Crippen LogP contribution in [0.4, 0.5) is 0 Å². The number of sulfonamides is 1. The molecule has 7 nitrogen and oxygen atoms in total. The minimum atomic E-state index is -3.80. The number of carbonyl (C=O) groups is 2. The summed E-state index contributed by atoms with van der Waals surface area (Å²) < 4.78 is 26.4. The molecule has 0 saturated heterocycles. The Morgan fingerprint density at radius 2 is 1.60 bits per heavy atom. The Morgan fingerprint density at radius 3 is 2.20 bits per heavy atom. The Kier molecular flexibility index (Phi) is 6.29. The van der Waals surface area contributed by atoms with E-state index in [1.165, 1.54) is 19.2 Å². The van der Waals surface area contributed by atoms with Crippen LogP contribution in [0.1, 0.15) is 10.4 Å². The van der Waals surface area contributed by atoms with Crippen LogP contribution in [0.3, 0.4) is 0 Å². The van der Waals surface area contributed by atoms with Crippen molar-refractivity contribution >= 4 is 37.8 Å². The number of hydrogen-bond donors (Lipinski definition) is 2. The molecule has 132 valence electrons. The van der Waals surface area contributed by atoms with Gasteiger partial charge in [-0.3, -0.25) is 20.4 Å². The van der Waals surface area contributed by atoms with Gasteiger partial charge in [0.1, 0.15) is 0 Å². The maximum absolute atomic E-state index is 12.4. The maximum Gasteiger partial charge on any atom is 0.269 e. The lowest BCUT2D eigenvalue weighted by molar-refractivity contribution is -0.121. The largest absolute Gasteiger partial charge is 0.272 e. The summed E-state index contributed by atoms with van der Waals surface area (Å²) in [6, 6.07) is 14.4. The number of halogens is 1. The van der Waals surface area contributed by atoms with Crippen molar-refractivity contribution in [1.29, 1.82) is 0 Å². The predicted molar refractivity (Wildman–Crippen MR) is 96.0 cm³/mol. The minimum absolute atomic E-state index is 0.0688. The highest BCUT2D eigenvalue weighted by atomic mass is 79.9. The first-order valence-electron chi connectivity index (χ1n) is 7.17. The van der Waals surface area contributed by atoms with Crippen LogP contribution >= 0.6 is 15.9 Å². The highest BCUT2D eigenvalue weighted by molar-refractivity contribution is 9.10. The van der Waals surface area contributed by atoms with E-state index in [0.29, 0.717) is 5.56 Å². The number of likely N-dealkylation sites (N-methyl/N-ethyl adjacent to an activating group) is 1. The number of carbonyl (C=O) groups excluding carboxylic acids is 2. The fourth-order valence-electron chi connectivity index (χ4n) is 1.90. The Bertz CT molecular complexity index is 855. The van der Waals surface area contributed by atoms with E-state index in [1.54, 1.807) is 42.5 Å². The molecule has 0 saturated carbocycles. The van der Waals surface area contributed by atoms with Crippen molar-refractivity contribution < 1.29 is 18.0 Å². The molecular weight excluding hydrogens is 410 g/mol. The number of amides is 2. The first-order chi connectivity index (χ1) is 11.8. The molecule has 0 radical (unpaired) electrons. The molecule has 0 unspecified atom stereocenters. The van der Waals surface area contributed by atoms with E-state index in [2.05, 4.69) is 26.8 Å². The van der Waals surface area contributed by atoms with Crippen molar-refractivity contribution in [2.24, 2.45) is 0 Å². The van der Waals surface area contributed by atoms with Gasteiger partial charge in [-0.15, -0.1) is 0 Å². The third-order valence-electron chi connectivity index (χ3n) is 3.24. The van der Waals surface area contributed by atoms with Crippen molar-refractivity contribution in [3.05, 3.63) is 64.6 Å². The van der Waals surface area contributed by atoms with Crippen molar-refractivity contribution in [2.75, 3.05) is 13.6 Å². The molecule has 2 rings (SSSR count).